The van der Waals surface area contributed by atoms with Crippen molar-refractivity contribution in [3.05, 3.63) is 133 Å². The molecule has 5 aromatic rings. The SMILES string of the molecule is CCN1C=C/C(=C/C=c2\s/c(=C\c3sc(-c4ccccc4)c(-c4ccccc4)[n+]3CCCCS(=O)(=O)O)n(CC)c2=O)c2ccccc21. The molecule has 246 valence electrons. The normalized spacial score (nSPS) is 14.6. The van der Waals surface area contributed by atoms with Crippen LogP contribution in [-0.4, -0.2) is 29.8 Å². The summed E-state index contributed by atoms with van der Waals surface area (Å²) in [6.07, 6.45) is 11.1. The van der Waals surface area contributed by atoms with Gasteiger partial charge in [-0.25, -0.2) is 0 Å². The summed E-state index contributed by atoms with van der Waals surface area (Å²) in [5, 5.41) is 0.955. The summed E-state index contributed by atoms with van der Waals surface area (Å²) < 4.78 is 37.8. The van der Waals surface area contributed by atoms with Crippen molar-refractivity contribution in [3.63, 3.8) is 0 Å². The van der Waals surface area contributed by atoms with Crippen LogP contribution in [0.15, 0.2) is 108 Å². The first-order chi connectivity index (χ1) is 23.3. The number of rotatable bonds is 11. The lowest BCUT2D eigenvalue weighted by molar-refractivity contribution is -0.683. The van der Waals surface area contributed by atoms with E-state index in [2.05, 4.69) is 71.1 Å². The fraction of sp³-hybridized carbons (Fsp3) is 0.211. The third-order valence-corrected chi connectivity index (χ3v) is 11.4. The predicted octanol–water partition coefficient (Wildman–Crippen LogP) is 6.33. The molecule has 7 nitrogen and oxygen atoms in total. The van der Waals surface area contributed by atoms with Crippen LogP contribution in [0.25, 0.3) is 39.4 Å². The van der Waals surface area contributed by atoms with Gasteiger partial charge < -0.3 is 4.90 Å². The van der Waals surface area contributed by atoms with Crippen molar-refractivity contribution in [2.24, 2.45) is 0 Å². The second-order valence-corrected chi connectivity index (χ2v) is 15.1. The zero-order chi connectivity index (χ0) is 33.7. The largest absolute Gasteiger partial charge is 0.348 e. The molecule has 0 saturated carbocycles. The highest BCUT2D eigenvalue weighted by Crippen LogP contribution is 2.36. The minimum absolute atomic E-state index is 0.0308. The molecule has 0 fully saturated rings. The molecule has 0 saturated heterocycles. The van der Waals surface area contributed by atoms with Gasteiger partial charge in [-0.05, 0) is 61.8 Å². The summed E-state index contributed by atoms with van der Waals surface area (Å²) in [7, 11) is -4.05. The Hall–Kier alpha value is -4.35. The van der Waals surface area contributed by atoms with Crippen LogP contribution in [0.4, 0.5) is 5.69 Å². The van der Waals surface area contributed by atoms with E-state index in [1.807, 2.05) is 72.2 Å². The van der Waals surface area contributed by atoms with Gasteiger partial charge in [-0.1, -0.05) is 84.1 Å². The molecule has 6 rings (SSSR count). The molecule has 1 aliphatic heterocycles. The maximum Gasteiger partial charge on any atom is 0.269 e. The minimum Gasteiger partial charge on any atom is -0.348 e. The van der Waals surface area contributed by atoms with E-state index in [9.17, 15) is 17.8 Å². The first kappa shape index (κ1) is 33.5. The van der Waals surface area contributed by atoms with Gasteiger partial charge >= 0.3 is 0 Å². The van der Waals surface area contributed by atoms with Crippen LogP contribution in [0.2, 0.25) is 0 Å². The first-order valence-corrected chi connectivity index (χ1v) is 19.3. The number of allylic oxidation sites excluding steroid dienone is 3. The fourth-order valence-corrected chi connectivity index (χ4v) is 8.90. The Labute approximate surface area is 289 Å². The molecule has 48 heavy (non-hydrogen) atoms. The van der Waals surface area contributed by atoms with Gasteiger partial charge in [0.25, 0.3) is 20.7 Å². The lowest BCUT2D eigenvalue weighted by atomic mass is 9.99. The molecule has 3 aromatic carbocycles. The van der Waals surface area contributed by atoms with Crippen LogP contribution in [0.1, 0.15) is 37.3 Å². The highest BCUT2D eigenvalue weighted by molar-refractivity contribution is 7.85. The van der Waals surface area contributed by atoms with Gasteiger partial charge in [0.05, 0.1) is 16.4 Å². The number of hydrogen-bond donors (Lipinski definition) is 1. The van der Waals surface area contributed by atoms with Crippen LogP contribution in [0.5, 0.6) is 0 Å². The van der Waals surface area contributed by atoms with Crippen LogP contribution in [0, 0.1) is 0 Å². The molecule has 2 aromatic heterocycles. The Bertz CT molecular complexity index is 2270. The number of unbranched alkanes of at least 4 members (excludes halogenated alkanes) is 1. The monoisotopic (exact) mass is 696 g/mol. The van der Waals surface area contributed by atoms with Gasteiger partial charge in [0, 0.05) is 42.5 Å². The molecule has 0 aliphatic carbocycles. The number of aromatic nitrogens is 2. The second kappa shape index (κ2) is 14.8. The molecule has 0 atom stereocenters. The fourth-order valence-electron chi connectivity index (χ4n) is 5.95. The van der Waals surface area contributed by atoms with Crippen molar-refractivity contribution in [2.75, 3.05) is 17.2 Å². The minimum atomic E-state index is -4.05. The molecular formula is C38H38N3O4S3+. The quantitative estimate of drug-likeness (QED) is 0.0993. The Kier molecular flexibility index (Phi) is 10.4. The van der Waals surface area contributed by atoms with Crippen LogP contribution < -0.4 is 24.2 Å². The molecule has 10 heteroatoms. The van der Waals surface area contributed by atoms with Crippen molar-refractivity contribution in [2.45, 2.75) is 39.8 Å². The number of nitrogens with zero attached hydrogens (tertiary/aromatic N) is 3. The van der Waals surface area contributed by atoms with Gasteiger partial charge in [-0.15, -0.1) is 11.3 Å². The second-order valence-electron chi connectivity index (χ2n) is 11.4. The van der Waals surface area contributed by atoms with E-state index >= 15 is 0 Å². The lowest BCUT2D eigenvalue weighted by Gasteiger charge is -2.26. The molecule has 0 unspecified atom stereocenters. The summed E-state index contributed by atoms with van der Waals surface area (Å²) in [5.41, 5.74) is 6.46. The zero-order valence-electron chi connectivity index (χ0n) is 27.0. The number of para-hydroxylation sites is 1. The third-order valence-electron chi connectivity index (χ3n) is 8.29. The van der Waals surface area contributed by atoms with Crippen molar-refractivity contribution < 1.29 is 17.5 Å². The van der Waals surface area contributed by atoms with E-state index in [1.54, 1.807) is 11.3 Å². The summed E-state index contributed by atoms with van der Waals surface area (Å²) in [4.78, 5) is 17.0. The standard InChI is InChI=1S/C38H37N3O4S3/c1-3-39-25-23-28(31-19-11-12-20-32(31)39)21-22-33-38(42)40(4-2)34(46-33)27-35-41(24-13-14-26-48(43,44)45)36(29-15-7-5-8-16-29)37(47-35)30-17-9-6-10-18-30/h5-12,15-23,25,27H,3-4,13-14,24,26H2,1-2H3/p+1/b28-21-,33-22-. The number of hydrogen-bond acceptors (Lipinski definition) is 6. The first-order valence-electron chi connectivity index (χ1n) is 16.1. The maximum atomic E-state index is 13.7. The van der Waals surface area contributed by atoms with Crippen molar-refractivity contribution in [3.8, 4) is 21.7 Å². The Morgan fingerprint density at radius 3 is 2.21 bits per heavy atom. The zero-order valence-corrected chi connectivity index (χ0v) is 29.4. The van der Waals surface area contributed by atoms with Crippen molar-refractivity contribution in [1.82, 2.24) is 4.57 Å². The summed E-state index contributed by atoms with van der Waals surface area (Å²) >= 11 is 3.12. The van der Waals surface area contributed by atoms with E-state index in [1.165, 1.54) is 11.3 Å². The third kappa shape index (κ3) is 7.37. The maximum absolute atomic E-state index is 13.7. The number of benzene rings is 3. The van der Waals surface area contributed by atoms with Crippen molar-refractivity contribution in [1.29, 1.82) is 0 Å². The van der Waals surface area contributed by atoms with Gasteiger partial charge in [0.2, 0.25) is 5.69 Å². The Morgan fingerprint density at radius 2 is 1.52 bits per heavy atom. The number of thiazole rings is 2. The van der Waals surface area contributed by atoms with E-state index in [0.717, 1.165) is 54.7 Å². The Morgan fingerprint density at radius 1 is 0.833 bits per heavy atom. The van der Waals surface area contributed by atoms with Crippen LogP contribution in [-0.2, 0) is 23.2 Å². The van der Waals surface area contributed by atoms with E-state index in [0.29, 0.717) is 30.5 Å². The van der Waals surface area contributed by atoms with Crippen LogP contribution >= 0.6 is 22.7 Å². The molecule has 0 amide bonds. The van der Waals surface area contributed by atoms with Gasteiger partial charge in [-0.2, -0.15) is 13.0 Å². The highest BCUT2D eigenvalue weighted by atomic mass is 32.2. The van der Waals surface area contributed by atoms with Gasteiger partial charge in [0.1, 0.15) is 9.54 Å². The van der Waals surface area contributed by atoms with Gasteiger partial charge in [-0.3, -0.25) is 13.9 Å². The molecule has 1 aliphatic rings. The average Bonchev–Trinajstić information content (AvgIpc) is 3.61. The summed E-state index contributed by atoms with van der Waals surface area (Å²) in [6.45, 7) is 6.05. The smallest absolute Gasteiger partial charge is 0.269 e. The molecular weight excluding hydrogens is 659 g/mol. The topological polar surface area (TPSA) is 83.5 Å². The molecule has 0 bridgehead atoms. The van der Waals surface area contributed by atoms with E-state index in [4.69, 9.17) is 0 Å². The lowest BCUT2D eigenvalue weighted by Crippen LogP contribution is -2.38. The van der Waals surface area contributed by atoms with E-state index < -0.39 is 10.1 Å². The average molecular weight is 697 g/mol. The summed E-state index contributed by atoms with van der Waals surface area (Å²) in [6, 6.07) is 28.7. The molecule has 0 spiro atoms. The summed E-state index contributed by atoms with van der Waals surface area (Å²) in [5.74, 6) is -0.284. The molecule has 3 heterocycles. The van der Waals surface area contributed by atoms with Crippen LogP contribution in [0.3, 0.4) is 0 Å². The van der Waals surface area contributed by atoms with Gasteiger partial charge in [0.15, 0.2) is 6.54 Å². The predicted molar refractivity (Wildman–Crippen MR) is 199 cm³/mol. The molecule has 1 N–H and O–H groups in total. The Balaban J connectivity index is 1.50. The number of fused-ring (bicyclic) bond motifs is 1. The van der Waals surface area contributed by atoms with E-state index in [-0.39, 0.29) is 11.3 Å². The highest BCUT2D eigenvalue weighted by Gasteiger charge is 2.28. The van der Waals surface area contributed by atoms with Crippen molar-refractivity contribution >= 4 is 56.2 Å². The molecule has 0 radical (unpaired) electrons. The number of anilines is 1.